The van der Waals surface area contributed by atoms with E-state index in [0.29, 0.717) is 22.9 Å². The fourth-order valence-electron chi connectivity index (χ4n) is 1.49. The third-order valence-corrected chi connectivity index (χ3v) is 2.73. The summed E-state index contributed by atoms with van der Waals surface area (Å²) in [5, 5.41) is 11.9. The van der Waals surface area contributed by atoms with E-state index in [2.05, 4.69) is 16.4 Å². The summed E-state index contributed by atoms with van der Waals surface area (Å²) in [5.74, 6) is 0.120. The third kappa shape index (κ3) is 3.34. The summed E-state index contributed by atoms with van der Waals surface area (Å²) in [6.45, 7) is 2.14. The van der Waals surface area contributed by atoms with Gasteiger partial charge in [-0.15, -0.1) is 0 Å². The average molecular weight is 267 g/mol. The molecule has 0 aliphatic rings. The fraction of sp³-hybridized carbons (Fsp3) is 0.417. The summed E-state index contributed by atoms with van der Waals surface area (Å²) in [4.78, 5) is 17.6. The van der Waals surface area contributed by atoms with Crippen LogP contribution in [0.1, 0.15) is 17.3 Å². The predicted octanol–water partition coefficient (Wildman–Crippen LogP) is 2.01. The van der Waals surface area contributed by atoms with Crippen LogP contribution >= 0.6 is 11.6 Å². The molecule has 18 heavy (non-hydrogen) atoms. The van der Waals surface area contributed by atoms with Crippen LogP contribution in [0, 0.1) is 17.2 Å². The molecule has 1 aromatic heterocycles. The number of amides is 1. The number of halogens is 1. The quantitative estimate of drug-likeness (QED) is 0.905. The second-order valence-electron chi connectivity index (χ2n) is 4.02. The van der Waals surface area contributed by atoms with Crippen molar-refractivity contribution in [3.63, 3.8) is 0 Å². The number of aromatic nitrogens is 1. The standard InChI is InChI=1S/C12H15ClN4O/c1-8(5-14)7-17(3)12(18)9-4-10(13)11(15-2)16-6-9/h4,6,8H,7H2,1-3H3,(H,15,16). The Morgan fingerprint density at radius 2 is 2.39 bits per heavy atom. The molecule has 0 aliphatic heterocycles. The first-order valence-corrected chi connectivity index (χ1v) is 5.85. The zero-order chi connectivity index (χ0) is 13.7. The van der Waals surface area contributed by atoms with Crippen molar-refractivity contribution in [2.75, 3.05) is 26.0 Å². The van der Waals surface area contributed by atoms with Gasteiger partial charge >= 0.3 is 0 Å². The fourth-order valence-corrected chi connectivity index (χ4v) is 1.75. The number of anilines is 1. The second kappa shape index (κ2) is 6.22. The monoisotopic (exact) mass is 266 g/mol. The lowest BCUT2D eigenvalue weighted by Gasteiger charge is -2.18. The smallest absolute Gasteiger partial charge is 0.255 e. The third-order valence-electron chi connectivity index (χ3n) is 2.44. The highest BCUT2D eigenvalue weighted by Crippen LogP contribution is 2.20. The van der Waals surface area contributed by atoms with Gasteiger partial charge in [-0.3, -0.25) is 4.79 Å². The van der Waals surface area contributed by atoms with Gasteiger partial charge in [0.2, 0.25) is 0 Å². The van der Waals surface area contributed by atoms with Gasteiger partial charge in [0, 0.05) is 26.8 Å². The highest BCUT2D eigenvalue weighted by Gasteiger charge is 2.15. The highest BCUT2D eigenvalue weighted by atomic mass is 35.5. The van der Waals surface area contributed by atoms with Crippen molar-refractivity contribution >= 4 is 23.3 Å². The van der Waals surface area contributed by atoms with Crippen LogP contribution in [0.3, 0.4) is 0 Å². The first-order chi connectivity index (χ1) is 8.49. The largest absolute Gasteiger partial charge is 0.372 e. The van der Waals surface area contributed by atoms with E-state index in [4.69, 9.17) is 16.9 Å². The van der Waals surface area contributed by atoms with E-state index in [1.54, 1.807) is 27.1 Å². The molecule has 6 heteroatoms. The minimum atomic E-state index is -0.209. The maximum absolute atomic E-state index is 12.0. The van der Waals surface area contributed by atoms with Gasteiger partial charge in [-0.2, -0.15) is 5.26 Å². The van der Waals surface area contributed by atoms with Gasteiger partial charge in [0.15, 0.2) is 0 Å². The molecule has 0 aromatic carbocycles. The molecule has 5 nitrogen and oxygen atoms in total. The number of nitriles is 1. The van der Waals surface area contributed by atoms with Gasteiger partial charge in [0.05, 0.1) is 22.6 Å². The molecule has 1 N–H and O–H groups in total. The number of hydrogen-bond acceptors (Lipinski definition) is 4. The van der Waals surface area contributed by atoms with Crippen LogP contribution in [0.25, 0.3) is 0 Å². The number of carbonyl (C=O) groups excluding carboxylic acids is 1. The van der Waals surface area contributed by atoms with Crippen LogP contribution < -0.4 is 5.32 Å². The molecule has 0 fully saturated rings. The molecule has 1 aromatic rings. The molecular weight excluding hydrogens is 252 g/mol. The van der Waals surface area contributed by atoms with Gasteiger partial charge in [0.1, 0.15) is 5.82 Å². The second-order valence-corrected chi connectivity index (χ2v) is 4.43. The summed E-state index contributed by atoms with van der Waals surface area (Å²) in [5.41, 5.74) is 0.409. The Labute approximate surface area is 111 Å². The Morgan fingerprint density at radius 1 is 1.72 bits per heavy atom. The summed E-state index contributed by atoms with van der Waals surface area (Å²) in [6, 6.07) is 3.65. The Kier molecular flexibility index (Phi) is 4.93. The number of pyridine rings is 1. The van der Waals surface area contributed by atoms with Crippen LogP contribution in [0.4, 0.5) is 5.82 Å². The average Bonchev–Trinajstić information content (AvgIpc) is 2.37. The molecule has 1 atom stereocenters. The maximum atomic E-state index is 12.0. The number of nitrogens with zero attached hydrogens (tertiary/aromatic N) is 3. The predicted molar refractivity (Wildman–Crippen MR) is 70.5 cm³/mol. The highest BCUT2D eigenvalue weighted by molar-refractivity contribution is 6.33. The van der Waals surface area contributed by atoms with E-state index in [9.17, 15) is 4.79 Å². The molecule has 0 saturated carbocycles. The van der Waals surface area contributed by atoms with Gasteiger partial charge in [0.25, 0.3) is 5.91 Å². The Morgan fingerprint density at radius 3 is 2.89 bits per heavy atom. The van der Waals surface area contributed by atoms with Crippen molar-refractivity contribution in [3.8, 4) is 6.07 Å². The van der Waals surface area contributed by atoms with E-state index in [1.165, 1.54) is 11.1 Å². The van der Waals surface area contributed by atoms with E-state index < -0.39 is 0 Å². The van der Waals surface area contributed by atoms with Crippen molar-refractivity contribution in [2.45, 2.75) is 6.92 Å². The first-order valence-electron chi connectivity index (χ1n) is 5.48. The molecule has 0 radical (unpaired) electrons. The number of rotatable bonds is 4. The molecule has 1 unspecified atom stereocenters. The number of carbonyl (C=O) groups is 1. The molecule has 0 saturated heterocycles. The molecule has 0 bridgehead atoms. The SMILES string of the molecule is CNc1ncc(C(=O)N(C)CC(C)C#N)cc1Cl. The minimum Gasteiger partial charge on any atom is -0.372 e. The Balaban J connectivity index is 2.84. The lowest BCUT2D eigenvalue weighted by atomic mass is 10.2. The summed E-state index contributed by atoms with van der Waals surface area (Å²) < 4.78 is 0. The molecule has 1 rings (SSSR count). The van der Waals surface area contributed by atoms with Gasteiger partial charge in [-0.1, -0.05) is 11.6 Å². The molecule has 0 spiro atoms. The molecule has 96 valence electrons. The van der Waals surface area contributed by atoms with Gasteiger partial charge in [-0.05, 0) is 13.0 Å². The van der Waals surface area contributed by atoms with Crippen LogP contribution in [0.15, 0.2) is 12.3 Å². The zero-order valence-corrected chi connectivity index (χ0v) is 11.3. The van der Waals surface area contributed by atoms with E-state index in [-0.39, 0.29) is 11.8 Å². The summed E-state index contributed by atoms with van der Waals surface area (Å²) in [7, 11) is 3.35. The zero-order valence-electron chi connectivity index (χ0n) is 10.6. The number of hydrogen-bond donors (Lipinski definition) is 1. The van der Waals surface area contributed by atoms with Crippen LogP contribution in [-0.4, -0.2) is 36.4 Å². The van der Waals surface area contributed by atoms with E-state index in [0.717, 1.165) is 0 Å². The van der Waals surface area contributed by atoms with E-state index in [1.807, 2.05) is 0 Å². The lowest BCUT2D eigenvalue weighted by Crippen LogP contribution is -2.30. The van der Waals surface area contributed by atoms with Crippen molar-refractivity contribution in [1.29, 1.82) is 5.26 Å². The lowest BCUT2D eigenvalue weighted by molar-refractivity contribution is 0.0784. The topological polar surface area (TPSA) is 69.0 Å². The molecule has 1 amide bonds. The van der Waals surface area contributed by atoms with Crippen molar-refractivity contribution in [2.24, 2.45) is 5.92 Å². The Hall–Kier alpha value is -1.80. The van der Waals surface area contributed by atoms with Crippen molar-refractivity contribution in [1.82, 2.24) is 9.88 Å². The summed E-state index contributed by atoms with van der Waals surface area (Å²) >= 11 is 5.96. The maximum Gasteiger partial charge on any atom is 0.255 e. The van der Waals surface area contributed by atoms with Crippen LogP contribution in [0.2, 0.25) is 5.02 Å². The summed E-state index contributed by atoms with van der Waals surface area (Å²) in [6.07, 6.45) is 1.47. The molecule has 0 aliphatic carbocycles. The van der Waals surface area contributed by atoms with Gasteiger partial charge in [-0.25, -0.2) is 4.98 Å². The van der Waals surface area contributed by atoms with Crippen LogP contribution in [0.5, 0.6) is 0 Å². The molecule has 1 heterocycles. The Bertz CT molecular complexity index is 483. The number of nitrogens with one attached hydrogen (secondary N) is 1. The van der Waals surface area contributed by atoms with Crippen LogP contribution in [-0.2, 0) is 0 Å². The minimum absolute atomic E-state index is 0.200. The van der Waals surface area contributed by atoms with E-state index >= 15 is 0 Å². The molecular formula is C12H15ClN4O. The first kappa shape index (κ1) is 14.3. The normalized spacial score (nSPS) is 11.5. The van der Waals surface area contributed by atoms with Crippen molar-refractivity contribution < 1.29 is 4.79 Å². The van der Waals surface area contributed by atoms with Crippen molar-refractivity contribution in [3.05, 3.63) is 22.8 Å². The van der Waals surface area contributed by atoms with Gasteiger partial charge < -0.3 is 10.2 Å².